The van der Waals surface area contributed by atoms with Gasteiger partial charge < -0.3 is 20.1 Å². The number of nitrogens with zero attached hydrogens (tertiary/aromatic N) is 2. The second-order valence-electron chi connectivity index (χ2n) is 7.11. The number of guanidine groups is 1. The number of hydrogen-bond donors (Lipinski definition) is 2. The molecule has 0 aliphatic heterocycles. The fourth-order valence-corrected chi connectivity index (χ4v) is 2.98. The smallest absolute Gasteiger partial charge is 0.191 e. The van der Waals surface area contributed by atoms with Gasteiger partial charge in [0, 0.05) is 38.8 Å². The summed E-state index contributed by atoms with van der Waals surface area (Å²) in [5.41, 5.74) is 1.12. The van der Waals surface area contributed by atoms with Crippen molar-refractivity contribution in [3.05, 3.63) is 23.8 Å². The van der Waals surface area contributed by atoms with Crippen molar-refractivity contribution >= 4 is 29.9 Å². The van der Waals surface area contributed by atoms with Crippen LogP contribution in [0.3, 0.4) is 0 Å². The van der Waals surface area contributed by atoms with E-state index in [9.17, 15) is 0 Å². The van der Waals surface area contributed by atoms with Crippen LogP contribution >= 0.6 is 24.0 Å². The van der Waals surface area contributed by atoms with Gasteiger partial charge in [-0.1, -0.05) is 13.0 Å². The lowest BCUT2D eigenvalue weighted by Crippen LogP contribution is -2.45. The summed E-state index contributed by atoms with van der Waals surface area (Å²) < 4.78 is 11.2. The van der Waals surface area contributed by atoms with Crippen molar-refractivity contribution in [1.82, 2.24) is 15.5 Å². The summed E-state index contributed by atoms with van der Waals surface area (Å²) in [4.78, 5) is 6.77. The van der Waals surface area contributed by atoms with Crippen molar-refractivity contribution in [3.63, 3.8) is 0 Å². The number of benzene rings is 1. The zero-order chi connectivity index (χ0) is 20.2. The average Bonchev–Trinajstić information content (AvgIpc) is 2.65. The van der Waals surface area contributed by atoms with Gasteiger partial charge in [-0.3, -0.25) is 9.89 Å². The van der Waals surface area contributed by atoms with E-state index < -0.39 is 0 Å². The van der Waals surface area contributed by atoms with E-state index in [0.29, 0.717) is 25.2 Å². The van der Waals surface area contributed by atoms with Crippen molar-refractivity contribution in [2.24, 2.45) is 4.99 Å². The Hall–Kier alpha value is -1.22. The summed E-state index contributed by atoms with van der Waals surface area (Å²) in [7, 11) is 3.46. The third-order valence-electron chi connectivity index (χ3n) is 4.36. The number of ether oxygens (including phenoxy) is 2. The second-order valence-corrected chi connectivity index (χ2v) is 7.11. The van der Waals surface area contributed by atoms with Gasteiger partial charge in [0.15, 0.2) is 17.5 Å². The molecular weight excluding hydrogens is 467 g/mol. The molecular formula is C21H39IN4O2. The fraction of sp³-hybridized carbons (Fsp3) is 0.667. The molecule has 0 fully saturated rings. The highest BCUT2D eigenvalue weighted by molar-refractivity contribution is 14.0. The quantitative estimate of drug-likeness (QED) is 0.271. The van der Waals surface area contributed by atoms with Gasteiger partial charge in [0.1, 0.15) is 0 Å². The zero-order valence-corrected chi connectivity index (χ0v) is 20.9. The molecule has 1 rings (SSSR count). The van der Waals surface area contributed by atoms with Gasteiger partial charge in [-0.15, -0.1) is 24.0 Å². The van der Waals surface area contributed by atoms with Crippen LogP contribution in [0.4, 0.5) is 0 Å². The Labute approximate surface area is 188 Å². The Kier molecular flexibility index (Phi) is 14.1. The molecule has 0 aliphatic carbocycles. The third kappa shape index (κ3) is 9.32. The molecule has 0 radical (unpaired) electrons. The molecule has 0 unspecified atom stereocenters. The summed E-state index contributed by atoms with van der Waals surface area (Å²) in [6.07, 6.45) is 0.972. The Bertz CT molecular complexity index is 572. The van der Waals surface area contributed by atoms with Gasteiger partial charge >= 0.3 is 0 Å². The van der Waals surface area contributed by atoms with Gasteiger partial charge in [0.05, 0.1) is 13.7 Å². The lowest BCUT2D eigenvalue weighted by Gasteiger charge is -2.30. The lowest BCUT2D eigenvalue weighted by atomic mass is 10.2. The molecule has 162 valence electrons. The number of nitrogens with one attached hydrogen (secondary N) is 2. The molecule has 2 N–H and O–H groups in total. The van der Waals surface area contributed by atoms with E-state index in [2.05, 4.69) is 55.1 Å². The standard InChI is InChI=1S/C21H38N4O2.HI/c1-8-13-27-19-10-9-18(14-20(19)26-7)15-24-21(22-6)23-11-12-25(16(2)3)17(4)5;/h9-10,14,16-17H,8,11-13,15H2,1-7H3,(H2,22,23,24);1H. The van der Waals surface area contributed by atoms with Crippen LogP contribution in [0.5, 0.6) is 11.5 Å². The normalized spacial score (nSPS) is 11.6. The summed E-state index contributed by atoms with van der Waals surface area (Å²) in [6.45, 7) is 14.2. The molecule has 7 heteroatoms. The van der Waals surface area contributed by atoms with Crippen molar-refractivity contribution in [2.45, 2.75) is 59.7 Å². The summed E-state index contributed by atoms with van der Waals surface area (Å²) in [5, 5.41) is 6.74. The van der Waals surface area contributed by atoms with Crippen LogP contribution < -0.4 is 20.1 Å². The van der Waals surface area contributed by atoms with Crippen molar-refractivity contribution in [3.8, 4) is 11.5 Å². The topological polar surface area (TPSA) is 58.1 Å². The minimum atomic E-state index is 0. The van der Waals surface area contributed by atoms with Crippen LogP contribution in [-0.4, -0.2) is 56.8 Å². The van der Waals surface area contributed by atoms with Crippen LogP contribution in [0.15, 0.2) is 23.2 Å². The third-order valence-corrected chi connectivity index (χ3v) is 4.36. The number of methoxy groups -OCH3 is 1. The molecule has 0 aliphatic rings. The van der Waals surface area contributed by atoms with Crippen molar-refractivity contribution in [2.75, 3.05) is 33.9 Å². The van der Waals surface area contributed by atoms with E-state index in [1.165, 1.54) is 0 Å². The minimum absolute atomic E-state index is 0. The molecule has 28 heavy (non-hydrogen) atoms. The van der Waals surface area contributed by atoms with E-state index in [1.54, 1.807) is 14.2 Å². The highest BCUT2D eigenvalue weighted by Gasteiger charge is 2.12. The van der Waals surface area contributed by atoms with E-state index in [0.717, 1.165) is 42.5 Å². The maximum absolute atomic E-state index is 5.71. The summed E-state index contributed by atoms with van der Waals surface area (Å²) in [5.74, 6) is 2.34. The Morgan fingerprint density at radius 2 is 1.79 bits per heavy atom. The molecule has 0 spiro atoms. The van der Waals surface area contributed by atoms with Crippen LogP contribution in [0.1, 0.15) is 46.6 Å². The number of halogens is 1. The first-order valence-corrected chi connectivity index (χ1v) is 9.92. The van der Waals surface area contributed by atoms with Crippen LogP contribution in [-0.2, 0) is 6.54 Å². The molecule has 0 saturated heterocycles. The molecule has 1 aromatic rings. The first kappa shape index (κ1) is 26.8. The molecule has 0 atom stereocenters. The highest BCUT2D eigenvalue weighted by atomic mass is 127. The Morgan fingerprint density at radius 1 is 1.11 bits per heavy atom. The average molecular weight is 506 g/mol. The van der Waals surface area contributed by atoms with Crippen LogP contribution in [0.25, 0.3) is 0 Å². The number of hydrogen-bond acceptors (Lipinski definition) is 4. The monoisotopic (exact) mass is 506 g/mol. The molecule has 0 heterocycles. The summed E-state index contributed by atoms with van der Waals surface area (Å²) >= 11 is 0. The predicted octanol–water partition coefficient (Wildman–Crippen LogP) is 3.89. The van der Waals surface area contributed by atoms with Gasteiger partial charge in [0.25, 0.3) is 0 Å². The van der Waals surface area contributed by atoms with E-state index >= 15 is 0 Å². The number of rotatable bonds is 11. The van der Waals surface area contributed by atoms with E-state index in [-0.39, 0.29) is 24.0 Å². The van der Waals surface area contributed by atoms with Crippen LogP contribution in [0.2, 0.25) is 0 Å². The molecule has 1 aromatic carbocycles. The minimum Gasteiger partial charge on any atom is -0.493 e. The lowest BCUT2D eigenvalue weighted by molar-refractivity contribution is 0.178. The van der Waals surface area contributed by atoms with Crippen LogP contribution in [0, 0.1) is 0 Å². The first-order valence-electron chi connectivity index (χ1n) is 9.92. The Balaban J connectivity index is 0.00000729. The maximum Gasteiger partial charge on any atom is 0.191 e. The number of aliphatic imine (C=N–C) groups is 1. The molecule has 0 aromatic heterocycles. The molecule has 6 nitrogen and oxygen atoms in total. The van der Waals surface area contributed by atoms with Gasteiger partial charge in [-0.25, -0.2) is 0 Å². The van der Waals surface area contributed by atoms with E-state index in [1.807, 2.05) is 18.2 Å². The Morgan fingerprint density at radius 3 is 2.32 bits per heavy atom. The van der Waals surface area contributed by atoms with Crippen molar-refractivity contribution < 1.29 is 9.47 Å². The molecule has 0 bridgehead atoms. The van der Waals surface area contributed by atoms with Gasteiger partial charge in [0.2, 0.25) is 0 Å². The SMILES string of the molecule is CCCOc1ccc(CNC(=NC)NCCN(C(C)C)C(C)C)cc1OC.I. The fourth-order valence-electron chi connectivity index (χ4n) is 2.98. The zero-order valence-electron chi connectivity index (χ0n) is 18.5. The van der Waals surface area contributed by atoms with Crippen molar-refractivity contribution in [1.29, 1.82) is 0 Å². The highest BCUT2D eigenvalue weighted by Crippen LogP contribution is 2.28. The first-order chi connectivity index (χ1) is 12.9. The maximum atomic E-state index is 5.71. The van der Waals surface area contributed by atoms with Gasteiger partial charge in [-0.05, 0) is 51.8 Å². The predicted molar refractivity (Wildman–Crippen MR) is 129 cm³/mol. The molecule has 0 amide bonds. The summed E-state index contributed by atoms with van der Waals surface area (Å²) in [6, 6.07) is 7.08. The van der Waals surface area contributed by atoms with E-state index in [4.69, 9.17) is 9.47 Å². The largest absolute Gasteiger partial charge is 0.493 e. The molecule has 0 saturated carbocycles. The second kappa shape index (κ2) is 14.7. The van der Waals surface area contributed by atoms with Gasteiger partial charge in [-0.2, -0.15) is 0 Å².